The number of aliphatic carboxylic acids is 1. The van der Waals surface area contributed by atoms with E-state index in [1.165, 1.54) is 0 Å². The van der Waals surface area contributed by atoms with Gasteiger partial charge in [-0.1, -0.05) is 11.3 Å². The largest absolute Gasteiger partial charge is 0.481 e. The zero-order chi connectivity index (χ0) is 10.8. The van der Waals surface area contributed by atoms with E-state index in [0.717, 1.165) is 29.9 Å². The molecule has 0 bridgehead atoms. The molecular weight excluding hydrogens is 216 g/mol. The Morgan fingerprint density at radius 1 is 1.67 bits per heavy atom. The molecule has 1 heterocycles. The average Bonchev–Trinajstić information content (AvgIpc) is 2.48. The number of rotatable bonds is 4. The van der Waals surface area contributed by atoms with Gasteiger partial charge in [-0.15, -0.1) is 0 Å². The number of carboxylic acids is 1. The maximum Gasteiger partial charge on any atom is 0.308 e. The molecule has 0 radical (unpaired) electrons. The molecule has 2 unspecified atom stereocenters. The molecule has 1 aliphatic carbocycles. The van der Waals surface area contributed by atoms with Crippen LogP contribution in [0.3, 0.4) is 0 Å². The van der Waals surface area contributed by atoms with Crippen LogP contribution in [0.1, 0.15) is 18.5 Å². The van der Waals surface area contributed by atoms with Gasteiger partial charge < -0.3 is 15.4 Å². The number of aromatic amines is 1. The Labute approximate surface area is 90.1 Å². The summed E-state index contributed by atoms with van der Waals surface area (Å²) in [5, 5.41) is 13.7. The lowest BCUT2D eigenvalue weighted by Gasteiger charge is -2.33. The fourth-order valence-electron chi connectivity index (χ4n) is 1.68. The summed E-state index contributed by atoms with van der Waals surface area (Å²) >= 11 is 1.12. The molecule has 2 rings (SSSR count). The predicted molar refractivity (Wildman–Crippen MR) is 55.9 cm³/mol. The third kappa shape index (κ3) is 2.27. The standard InChI is InChI=1S/C9H12N2O3S/c12-8(13)6-1-2-7(6)10-3-5-4-15-9(14)11-5/h4,6-7,10H,1-3H2,(H,11,14)(H,12,13). The second kappa shape index (κ2) is 4.16. The van der Waals surface area contributed by atoms with E-state index in [1.807, 2.05) is 0 Å². The van der Waals surface area contributed by atoms with E-state index in [4.69, 9.17) is 5.11 Å². The number of thiazole rings is 1. The Bertz CT molecular complexity index is 411. The maximum atomic E-state index is 10.8. The Hall–Kier alpha value is -1.14. The van der Waals surface area contributed by atoms with E-state index in [-0.39, 0.29) is 16.8 Å². The van der Waals surface area contributed by atoms with Gasteiger partial charge in [0.1, 0.15) is 0 Å². The van der Waals surface area contributed by atoms with Crippen LogP contribution in [0.25, 0.3) is 0 Å². The van der Waals surface area contributed by atoms with Crippen molar-refractivity contribution in [3.05, 3.63) is 20.7 Å². The molecular formula is C9H12N2O3S. The van der Waals surface area contributed by atoms with Gasteiger partial charge in [0.05, 0.1) is 5.92 Å². The highest BCUT2D eigenvalue weighted by Gasteiger charge is 2.35. The van der Waals surface area contributed by atoms with Crippen molar-refractivity contribution in [2.45, 2.75) is 25.4 Å². The van der Waals surface area contributed by atoms with Crippen molar-refractivity contribution in [3.63, 3.8) is 0 Å². The quantitative estimate of drug-likeness (QED) is 0.696. The van der Waals surface area contributed by atoms with Crippen molar-refractivity contribution in [2.24, 2.45) is 5.92 Å². The smallest absolute Gasteiger partial charge is 0.308 e. The Balaban J connectivity index is 1.84. The van der Waals surface area contributed by atoms with Gasteiger partial charge in [-0.2, -0.15) is 0 Å². The van der Waals surface area contributed by atoms with Crippen LogP contribution in [-0.4, -0.2) is 22.1 Å². The number of carbonyl (C=O) groups is 1. The molecule has 1 aliphatic rings. The molecule has 1 aromatic heterocycles. The third-order valence-corrected chi connectivity index (χ3v) is 3.44. The summed E-state index contributed by atoms with van der Waals surface area (Å²) in [5.41, 5.74) is 0.820. The highest BCUT2D eigenvalue weighted by Crippen LogP contribution is 2.27. The third-order valence-electron chi connectivity index (χ3n) is 2.72. The lowest BCUT2D eigenvalue weighted by atomic mass is 9.79. The molecule has 3 N–H and O–H groups in total. The van der Waals surface area contributed by atoms with E-state index < -0.39 is 5.97 Å². The molecule has 0 spiro atoms. The van der Waals surface area contributed by atoms with Crippen LogP contribution in [0, 0.1) is 5.92 Å². The van der Waals surface area contributed by atoms with Gasteiger partial charge in [0.25, 0.3) is 0 Å². The van der Waals surface area contributed by atoms with Crippen LogP contribution in [-0.2, 0) is 11.3 Å². The first kappa shape index (κ1) is 10.4. The van der Waals surface area contributed by atoms with Crippen LogP contribution in [0.15, 0.2) is 10.2 Å². The molecule has 6 heteroatoms. The summed E-state index contributed by atoms with van der Waals surface area (Å²) in [5.74, 6) is -1.01. The summed E-state index contributed by atoms with van der Waals surface area (Å²) in [7, 11) is 0. The van der Waals surface area contributed by atoms with E-state index >= 15 is 0 Å². The number of H-pyrrole nitrogens is 1. The van der Waals surface area contributed by atoms with Crippen LogP contribution >= 0.6 is 11.3 Å². The Morgan fingerprint density at radius 2 is 2.47 bits per heavy atom. The molecule has 1 fully saturated rings. The van der Waals surface area contributed by atoms with E-state index in [9.17, 15) is 9.59 Å². The lowest BCUT2D eigenvalue weighted by molar-refractivity contribution is -0.146. The van der Waals surface area contributed by atoms with Gasteiger partial charge in [0.2, 0.25) is 0 Å². The van der Waals surface area contributed by atoms with Crippen molar-refractivity contribution in [1.82, 2.24) is 10.3 Å². The van der Waals surface area contributed by atoms with Gasteiger partial charge in [-0.25, -0.2) is 0 Å². The zero-order valence-electron chi connectivity index (χ0n) is 8.03. The predicted octanol–water partition coefficient (Wildman–Crippen LogP) is 0.389. The minimum atomic E-state index is -0.738. The first-order valence-corrected chi connectivity index (χ1v) is 5.67. The molecule has 2 atom stereocenters. The number of hydrogen-bond donors (Lipinski definition) is 3. The molecule has 0 aliphatic heterocycles. The Kier molecular flexibility index (Phi) is 2.88. The molecule has 0 saturated heterocycles. The molecule has 1 aromatic rings. The molecule has 1 saturated carbocycles. The first-order valence-electron chi connectivity index (χ1n) is 4.79. The normalized spacial score (nSPS) is 24.8. The topological polar surface area (TPSA) is 82.2 Å². The van der Waals surface area contributed by atoms with Gasteiger partial charge in [-0.3, -0.25) is 9.59 Å². The van der Waals surface area contributed by atoms with Crippen LogP contribution in [0.2, 0.25) is 0 Å². The SMILES string of the molecule is O=C(O)C1CCC1NCc1csc(=O)[nH]1. The number of aromatic nitrogens is 1. The fraction of sp³-hybridized carbons (Fsp3) is 0.556. The van der Waals surface area contributed by atoms with E-state index in [1.54, 1.807) is 5.38 Å². The highest BCUT2D eigenvalue weighted by atomic mass is 32.1. The summed E-state index contributed by atoms with van der Waals surface area (Å²) in [6, 6.07) is 0.0471. The molecule has 0 aromatic carbocycles. The summed E-state index contributed by atoms with van der Waals surface area (Å²) in [4.78, 5) is 24.1. The highest BCUT2D eigenvalue weighted by molar-refractivity contribution is 7.07. The summed E-state index contributed by atoms with van der Waals surface area (Å²) < 4.78 is 0. The summed E-state index contributed by atoms with van der Waals surface area (Å²) in [6.07, 6.45) is 1.64. The van der Waals surface area contributed by atoms with Gasteiger partial charge in [0, 0.05) is 23.7 Å². The maximum absolute atomic E-state index is 10.8. The summed E-state index contributed by atoms with van der Waals surface area (Å²) in [6.45, 7) is 0.535. The second-order valence-electron chi connectivity index (χ2n) is 3.68. The van der Waals surface area contributed by atoms with Crippen molar-refractivity contribution < 1.29 is 9.90 Å². The van der Waals surface area contributed by atoms with Crippen LogP contribution in [0.5, 0.6) is 0 Å². The number of nitrogens with one attached hydrogen (secondary N) is 2. The van der Waals surface area contributed by atoms with E-state index in [2.05, 4.69) is 10.3 Å². The lowest BCUT2D eigenvalue weighted by Crippen LogP contribution is -2.47. The second-order valence-corrected chi connectivity index (χ2v) is 4.53. The van der Waals surface area contributed by atoms with Crippen molar-refractivity contribution in [1.29, 1.82) is 0 Å². The van der Waals surface area contributed by atoms with Gasteiger partial charge in [-0.05, 0) is 12.8 Å². The first-order chi connectivity index (χ1) is 7.16. The fourth-order valence-corrected chi connectivity index (χ4v) is 2.26. The Morgan fingerprint density at radius 3 is 2.93 bits per heavy atom. The average molecular weight is 228 g/mol. The van der Waals surface area contributed by atoms with Crippen molar-refractivity contribution in [2.75, 3.05) is 0 Å². The van der Waals surface area contributed by atoms with Crippen molar-refractivity contribution >= 4 is 17.3 Å². The molecule has 5 nitrogen and oxygen atoms in total. The molecule has 0 amide bonds. The molecule has 15 heavy (non-hydrogen) atoms. The van der Waals surface area contributed by atoms with Gasteiger partial charge >= 0.3 is 10.8 Å². The minimum absolute atomic E-state index is 0.0471. The molecule has 82 valence electrons. The zero-order valence-corrected chi connectivity index (χ0v) is 8.84. The van der Waals surface area contributed by atoms with Gasteiger partial charge in [0.15, 0.2) is 0 Å². The monoisotopic (exact) mass is 228 g/mol. The number of hydrogen-bond acceptors (Lipinski definition) is 4. The van der Waals surface area contributed by atoms with E-state index in [0.29, 0.717) is 6.54 Å². The van der Waals surface area contributed by atoms with Crippen LogP contribution in [0.4, 0.5) is 0 Å². The number of carboxylic acid groups (broad SMARTS) is 1. The van der Waals surface area contributed by atoms with Crippen molar-refractivity contribution in [3.8, 4) is 0 Å². The minimum Gasteiger partial charge on any atom is -0.481 e. The van der Waals surface area contributed by atoms with Crippen LogP contribution < -0.4 is 10.2 Å².